The van der Waals surface area contributed by atoms with Crippen LogP contribution in [0.1, 0.15) is 142 Å². The maximum absolute atomic E-state index is 12.6. The summed E-state index contributed by atoms with van der Waals surface area (Å²) in [6.45, 7) is 7.50. The van der Waals surface area contributed by atoms with E-state index in [1.54, 1.807) is 0 Å². The Labute approximate surface area is 200 Å². The molecule has 0 fully saturated rings. The average molecular weight is 456 g/mol. The maximum Gasteiger partial charge on any atom is 0.308 e. The lowest BCUT2D eigenvalue weighted by Gasteiger charge is -2.16. The number of hydrogen-bond acceptors (Lipinski definition) is 4. The summed E-state index contributed by atoms with van der Waals surface area (Å²) in [6, 6.07) is 0. The molecule has 0 heterocycles. The van der Waals surface area contributed by atoms with Crippen molar-refractivity contribution in [2.75, 3.05) is 26.3 Å². The molecule has 0 bridgehead atoms. The number of carbonyl (C=O) groups excluding carboxylic acids is 1. The van der Waals surface area contributed by atoms with Crippen LogP contribution in [0.5, 0.6) is 0 Å². The number of rotatable bonds is 26. The largest absolute Gasteiger partial charge is 0.465 e. The van der Waals surface area contributed by atoms with Crippen molar-refractivity contribution in [1.29, 1.82) is 0 Å². The molecule has 32 heavy (non-hydrogen) atoms. The minimum absolute atomic E-state index is 0.0716. The molecule has 0 rings (SSSR count). The van der Waals surface area contributed by atoms with Gasteiger partial charge in [0.25, 0.3) is 0 Å². The van der Waals surface area contributed by atoms with Gasteiger partial charge < -0.3 is 15.2 Å². The fourth-order valence-electron chi connectivity index (χ4n) is 4.21. The van der Waals surface area contributed by atoms with Gasteiger partial charge in [0.15, 0.2) is 0 Å². The van der Waals surface area contributed by atoms with Gasteiger partial charge >= 0.3 is 5.97 Å². The molecular formula is C28H57NO3. The van der Waals surface area contributed by atoms with Gasteiger partial charge in [-0.05, 0) is 51.6 Å². The molecule has 192 valence electrons. The zero-order valence-corrected chi connectivity index (χ0v) is 21.8. The zero-order chi connectivity index (χ0) is 23.5. The van der Waals surface area contributed by atoms with Gasteiger partial charge in [-0.3, -0.25) is 4.79 Å². The molecule has 0 aliphatic heterocycles. The summed E-state index contributed by atoms with van der Waals surface area (Å²) in [4.78, 5) is 12.6. The van der Waals surface area contributed by atoms with E-state index in [2.05, 4.69) is 19.2 Å². The molecule has 4 heteroatoms. The van der Waals surface area contributed by atoms with E-state index >= 15 is 0 Å². The summed E-state index contributed by atoms with van der Waals surface area (Å²) < 4.78 is 5.68. The van der Waals surface area contributed by atoms with Gasteiger partial charge in [0, 0.05) is 6.61 Å². The Hall–Kier alpha value is -0.610. The van der Waals surface area contributed by atoms with Crippen LogP contribution in [-0.2, 0) is 9.53 Å². The van der Waals surface area contributed by atoms with Crippen LogP contribution in [0.3, 0.4) is 0 Å². The lowest BCUT2D eigenvalue weighted by atomic mass is 9.94. The quantitative estimate of drug-likeness (QED) is 0.104. The topological polar surface area (TPSA) is 58.6 Å². The second-order valence-corrected chi connectivity index (χ2v) is 9.57. The van der Waals surface area contributed by atoms with Gasteiger partial charge in [-0.1, -0.05) is 104 Å². The van der Waals surface area contributed by atoms with Crippen LogP contribution < -0.4 is 5.32 Å². The van der Waals surface area contributed by atoms with E-state index in [1.807, 2.05) is 0 Å². The molecule has 1 atom stereocenters. The second-order valence-electron chi connectivity index (χ2n) is 9.57. The van der Waals surface area contributed by atoms with Crippen LogP contribution in [0.4, 0.5) is 0 Å². The van der Waals surface area contributed by atoms with E-state index in [1.165, 1.54) is 89.9 Å². The highest BCUT2D eigenvalue weighted by Gasteiger charge is 2.19. The number of hydrogen-bond donors (Lipinski definition) is 2. The summed E-state index contributed by atoms with van der Waals surface area (Å²) in [5.74, 6) is 0.199. The Bertz CT molecular complexity index is 376. The molecule has 0 aromatic carbocycles. The summed E-state index contributed by atoms with van der Waals surface area (Å²) in [5.41, 5.74) is 0. The first-order chi connectivity index (χ1) is 15.8. The van der Waals surface area contributed by atoms with Crippen LogP contribution in [0.15, 0.2) is 0 Å². The minimum atomic E-state index is 0.0716. The molecule has 0 radical (unpaired) electrons. The SMILES string of the molecule is CCCCCCCCC(CCCCCC)C(=O)OCCCCCCCCNCCCCO. The van der Waals surface area contributed by atoms with E-state index in [9.17, 15) is 4.79 Å². The van der Waals surface area contributed by atoms with Crippen LogP contribution in [0.25, 0.3) is 0 Å². The minimum Gasteiger partial charge on any atom is -0.465 e. The first kappa shape index (κ1) is 31.4. The van der Waals surface area contributed by atoms with E-state index < -0.39 is 0 Å². The number of carbonyl (C=O) groups is 1. The molecule has 0 amide bonds. The van der Waals surface area contributed by atoms with Crippen LogP contribution in [0, 0.1) is 5.92 Å². The third-order valence-corrected chi connectivity index (χ3v) is 6.40. The van der Waals surface area contributed by atoms with E-state index in [0.29, 0.717) is 13.2 Å². The summed E-state index contributed by atoms with van der Waals surface area (Å²) in [5, 5.41) is 12.2. The number of ether oxygens (including phenoxy) is 1. The first-order valence-corrected chi connectivity index (χ1v) is 14.2. The Kier molecular flexibility index (Phi) is 26.1. The normalized spacial score (nSPS) is 12.2. The van der Waals surface area contributed by atoms with Crippen molar-refractivity contribution in [3.63, 3.8) is 0 Å². The Morgan fingerprint density at radius 1 is 0.656 bits per heavy atom. The monoisotopic (exact) mass is 455 g/mol. The molecule has 0 aliphatic carbocycles. The molecule has 0 spiro atoms. The first-order valence-electron chi connectivity index (χ1n) is 14.2. The molecular weight excluding hydrogens is 398 g/mol. The van der Waals surface area contributed by atoms with Crippen LogP contribution >= 0.6 is 0 Å². The standard InChI is InChI=1S/C28H57NO3/c1-3-5-7-9-12-16-22-27(21-15-8-6-4-2)28(31)32-26-20-14-11-10-13-17-23-29-24-18-19-25-30/h27,29-30H,3-26H2,1-2H3. The number of esters is 1. The van der Waals surface area contributed by atoms with Crippen LogP contribution in [-0.4, -0.2) is 37.4 Å². The summed E-state index contributed by atoms with van der Waals surface area (Å²) in [7, 11) is 0. The molecule has 0 saturated carbocycles. The van der Waals surface area contributed by atoms with E-state index in [-0.39, 0.29) is 11.9 Å². The third-order valence-electron chi connectivity index (χ3n) is 6.40. The van der Waals surface area contributed by atoms with Crippen molar-refractivity contribution in [2.45, 2.75) is 142 Å². The van der Waals surface area contributed by atoms with E-state index in [0.717, 1.165) is 51.6 Å². The Balaban J connectivity index is 3.77. The predicted molar refractivity (Wildman–Crippen MR) is 138 cm³/mol. The van der Waals surface area contributed by atoms with Crippen molar-refractivity contribution in [3.05, 3.63) is 0 Å². The highest BCUT2D eigenvalue weighted by molar-refractivity contribution is 5.72. The molecule has 0 aliphatic rings. The molecule has 0 aromatic rings. The van der Waals surface area contributed by atoms with Crippen molar-refractivity contribution in [3.8, 4) is 0 Å². The molecule has 1 unspecified atom stereocenters. The smallest absolute Gasteiger partial charge is 0.308 e. The van der Waals surface area contributed by atoms with Gasteiger partial charge in [-0.15, -0.1) is 0 Å². The number of aliphatic hydroxyl groups excluding tert-OH is 1. The molecule has 2 N–H and O–H groups in total. The number of nitrogens with one attached hydrogen (secondary N) is 1. The van der Waals surface area contributed by atoms with Crippen LogP contribution in [0.2, 0.25) is 0 Å². The van der Waals surface area contributed by atoms with Gasteiger partial charge in [-0.2, -0.15) is 0 Å². The highest BCUT2D eigenvalue weighted by atomic mass is 16.5. The van der Waals surface area contributed by atoms with Crippen molar-refractivity contribution in [1.82, 2.24) is 5.32 Å². The fraction of sp³-hybridized carbons (Fsp3) is 0.964. The zero-order valence-electron chi connectivity index (χ0n) is 21.8. The van der Waals surface area contributed by atoms with Crippen molar-refractivity contribution >= 4 is 5.97 Å². The van der Waals surface area contributed by atoms with Gasteiger partial charge in [0.05, 0.1) is 12.5 Å². The predicted octanol–water partition coefficient (Wildman–Crippen LogP) is 7.57. The van der Waals surface area contributed by atoms with Crippen molar-refractivity contribution < 1.29 is 14.6 Å². The maximum atomic E-state index is 12.6. The fourth-order valence-corrected chi connectivity index (χ4v) is 4.21. The van der Waals surface area contributed by atoms with Gasteiger partial charge in [0.2, 0.25) is 0 Å². The van der Waals surface area contributed by atoms with Gasteiger partial charge in [0.1, 0.15) is 0 Å². The molecule has 4 nitrogen and oxygen atoms in total. The lowest BCUT2D eigenvalue weighted by Crippen LogP contribution is -2.18. The summed E-state index contributed by atoms with van der Waals surface area (Å²) in [6.07, 6.45) is 23.8. The van der Waals surface area contributed by atoms with Gasteiger partial charge in [-0.25, -0.2) is 0 Å². The average Bonchev–Trinajstić information content (AvgIpc) is 2.80. The van der Waals surface area contributed by atoms with Crippen molar-refractivity contribution in [2.24, 2.45) is 5.92 Å². The number of unbranched alkanes of at least 4 members (excludes halogenated alkanes) is 14. The second kappa shape index (κ2) is 26.6. The number of aliphatic hydroxyl groups is 1. The lowest BCUT2D eigenvalue weighted by molar-refractivity contribution is -0.149. The summed E-state index contributed by atoms with van der Waals surface area (Å²) >= 11 is 0. The third kappa shape index (κ3) is 22.6. The molecule has 0 saturated heterocycles. The Morgan fingerprint density at radius 2 is 1.12 bits per heavy atom. The molecule has 0 aromatic heterocycles. The Morgan fingerprint density at radius 3 is 1.72 bits per heavy atom. The highest BCUT2D eigenvalue weighted by Crippen LogP contribution is 2.20. The van der Waals surface area contributed by atoms with E-state index in [4.69, 9.17) is 9.84 Å².